The van der Waals surface area contributed by atoms with Crippen LogP contribution in [0.3, 0.4) is 0 Å². The highest BCUT2D eigenvalue weighted by atomic mass is 15.2. The minimum atomic E-state index is 0.737. The van der Waals surface area contributed by atoms with Gasteiger partial charge in [0.05, 0.1) is 5.69 Å². The summed E-state index contributed by atoms with van der Waals surface area (Å²) in [5.41, 5.74) is 8.60. The first kappa shape index (κ1) is 8.74. The number of aromatic nitrogens is 3. The number of aryl methyl sites for hydroxylation is 1. The molecule has 0 atom stereocenters. The average molecular weight is 188 g/mol. The van der Waals surface area contributed by atoms with E-state index in [1.54, 1.807) is 23.1 Å². The average Bonchev–Trinajstić information content (AvgIpc) is 2.56. The van der Waals surface area contributed by atoms with Gasteiger partial charge in [-0.15, -0.1) is 0 Å². The van der Waals surface area contributed by atoms with Crippen molar-refractivity contribution in [1.29, 1.82) is 0 Å². The summed E-state index contributed by atoms with van der Waals surface area (Å²) in [5, 5.41) is 4.28. The summed E-state index contributed by atoms with van der Waals surface area (Å²) in [5.74, 6) is 0. The first-order chi connectivity index (χ1) is 6.75. The van der Waals surface area contributed by atoms with Crippen LogP contribution in [0.25, 0.3) is 0 Å². The number of nitrogen functional groups attached to an aromatic ring is 1. The predicted molar refractivity (Wildman–Crippen MR) is 54.7 cm³/mol. The first-order valence-corrected chi connectivity index (χ1v) is 4.42. The van der Waals surface area contributed by atoms with Gasteiger partial charge in [-0.2, -0.15) is 5.10 Å². The summed E-state index contributed by atoms with van der Waals surface area (Å²) in [6.07, 6.45) is 6.13. The fourth-order valence-corrected chi connectivity index (χ4v) is 1.34. The van der Waals surface area contributed by atoms with Crippen molar-refractivity contribution in [2.24, 2.45) is 7.05 Å². The largest absolute Gasteiger partial charge is 0.398 e. The Kier molecular flexibility index (Phi) is 2.18. The van der Waals surface area contributed by atoms with Crippen molar-refractivity contribution in [3.05, 3.63) is 42.0 Å². The highest BCUT2D eigenvalue weighted by molar-refractivity contribution is 5.45. The van der Waals surface area contributed by atoms with Crippen LogP contribution >= 0.6 is 0 Å². The zero-order valence-corrected chi connectivity index (χ0v) is 8.01. The van der Waals surface area contributed by atoms with E-state index < -0.39 is 0 Å². The van der Waals surface area contributed by atoms with Crippen LogP contribution in [-0.2, 0) is 13.5 Å². The fraction of sp³-hybridized carbons (Fsp3) is 0.200. The number of rotatable bonds is 2. The molecular weight excluding hydrogens is 176 g/mol. The molecule has 0 amide bonds. The first-order valence-electron chi connectivity index (χ1n) is 4.42. The van der Waals surface area contributed by atoms with Crippen molar-refractivity contribution < 1.29 is 0 Å². The van der Waals surface area contributed by atoms with Crippen LogP contribution in [-0.4, -0.2) is 14.8 Å². The van der Waals surface area contributed by atoms with Gasteiger partial charge in [0.15, 0.2) is 0 Å². The Bertz CT molecular complexity index is 433. The summed E-state index contributed by atoms with van der Waals surface area (Å²) in [7, 11) is 1.90. The van der Waals surface area contributed by atoms with E-state index in [1.807, 2.05) is 19.3 Å². The van der Waals surface area contributed by atoms with E-state index in [0.717, 1.165) is 23.4 Å². The number of nitrogens with zero attached hydrogens (tertiary/aromatic N) is 3. The molecule has 0 aliphatic heterocycles. The van der Waals surface area contributed by atoms with Gasteiger partial charge in [-0.25, -0.2) is 0 Å². The minimum Gasteiger partial charge on any atom is -0.398 e. The fourth-order valence-electron chi connectivity index (χ4n) is 1.34. The molecule has 0 aliphatic carbocycles. The van der Waals surface area contributed by atoms with Crippen molar-refractivity contribution in [2.45, 2.75) is 6.42 Å². The third kappa shape index (κ3) is 1.74. The number of hydrogen-bond donors (Lipinski definition) is 1. The summed E-state index contributed by atoms with van der Waals surface area (Å²) in [6, 6.07) is 3.78. The lowest BCUT2D eigenvalue weighted by atomic mass is 10.1. The second-order valence-corrected chi connectivity index (χ2v) is 3.23. The number of pyridine rings is 1. The minimum absolute atomic E-state index is 0.737. The maximum atomic E-state index is 5.80. The van der Waals surface area contributed by atoms with Crippen molar-refractivity contribution in [3.8, 4) is 0 Å². The lowest BCUT2D eigenvalue weighted by Gasteiger charge is -2.01. The van der Waals surface area contributed by atoms with Crippen molar-refractivity contribution in [1.82, 2.24) is 14.8 Å². The van der Waals surface area contributed by atoms with E-state index >= 15 is 0 Å². The van der Waals surface area contributed by atoms with Gasteiger partial charge in [0.2, 0.25) is 0 Å². The molecule has 0 aromatic carbocycles. The van der Waals surface area contributed by atoms with E-state index in [4.69, 9.17) is 5.73 Å². The Labute approximate surface area is 82.4 Å². The Balaban J connectivity index is 2.23. The summed E-state index contributed by atoms with van der Waals surface area (Å²) in [4.78, 5) is 4.03. The molecule has 0 saturated carbocycles. The van der Waals surface area contributed by atoms with Crippen LogP contribution < -0.4 is 5.73 Å². The van der Waals surface area contributed by atoms with Gasteiger partial charge in [-0.3, -0.25) is 9.67 Å². The van der Waals surface area contributed by atoms with Gasteiger partial charge >= 0.3 is 0 Å². The summed E-state index contributed by atoms with van der Waals surface area (Å²) >= 11 is 0. The molecule has 4 nitrogen and oxygen atoms in total. The zero-order chi connectivity index (χ0) is 9.97. The van der Waals surface area contributed by atoms with Gasteiger partial charge in [-0.05, 0) is 17.7 Å². The molecule has 14 heavy (non-hydrogen) atoms. The van der Waals surface area contributed by atoms with E-state index in [1.165, 1.54) is 0 Å². The van der Waals surface area contributed by atoms with E-state index in [2.05, 4.69) is 10.1 Å². The van der Waals surface area contributed by atoms with Crippen molar-refractivity contribution in [3.63, 3.8) is 0 Å². The summed E-state index contributed by atoms with van der Waals surface area (Å²) in [6.45, 7) is 0. The molecule has 0 aliphatic rings. The molecule has 2 aromatic rings. The van der Waals surface area contributed by atoms with Gasteiger partial charge in [0.1, 0.15) is 0 Å². The highest BCUT2D eigenvalue weighted by Crippen LogP contribution is 2.12. The summed E-state index contributed by atoms with van der Waals surface area (Å²) < 4.78 is 1.78. The van der Waals surface area contributed by atoms with Crippen molar-refractivity contribution >= 4 is 5.69 Å². The molecule has 0 radical (unpaired) electrons. The molecular formula is C10H12N4. The van der Waals surface area contributed by atoms with E-state index in [9.17, 15) is 0 Å². The Morgan fingerprint density at radius 1 is 1.43 bits per heavy atom. The molecule has 2 N–H and O–H groups in total. The molecule has 2 heterocycles. The lowest BCUT2D eigenvalue weighted by Crippen LogP contribution is -1.98. The van der Waals surface area contributed by atoms with Crippen LogP contribution in [0.15, 0.2) is 30.7 Å². The Morgan fingerprint density at radius 3 is 2.93 bits per heavy atom. The highest BCUT2D eigenvalue weighted by Gasteiger charge is 2.02. The molecule has 4 heteroatoms. The van der Waals surface area contributed by atoms with Crippen molar-refractivity contribution in [2.75, 3.05) is 5.73 Å². The smallest absolute Gasteiger partial charge is 0.0669 e. The molecule has 0 unspecified atom stereocenters. The number of nitrogens with two attached hydrogens (primary N) is 1. The third-order valence-corrected chi connectivity index (χ3v) is 2.08. The van der Waals surface area contributed by atoms with Gasteiger partial charge in [0.25, 0.3) is 0 Å². The molecule has 0 fully saturated rings. The van der Waals surface area contributed by atoms with Gasteiger partial charge in [0, 0.05) is 37.7 Å². The molecule has 0 saturated heterocycles. The Hall–Kier alpha value is -1.84. The van der Waals surface area contributed by atoms with Gasteiger partial charge in [-0.1, -0.05) is 0 Å². The third-order valence-electron chi connectivity index (χ3n) is 2.08. The normalized spacial score (nSPS) is 10.4. The van der Waals surface area contributed by atoms with Gasteiger partial charge < -0.3 is 5.73 Å². The zero-order valence-electron chi connectivity index (χ0n) is 8.01. The second kappa shape index (κ2) is 3.49. The topological polar surface area (TPSA) is 56.7 Å². The predicted octanol–water partition coefficient (Wildman–Crippen LogP) is 0.988. The molecule has 0 bridgehead atoms. The van der Waals surface area contributed by atoms with E-state index in [-0.39, 0.29) is 0 Å². The quantitative estimate of drug-likeness (QED) is 0.764. The van der Waals surface area contributed by atoms with Crippen LogP contribution in [0.1, 0.15) is 11.3 Å². The van der Waals surface area contributed by atoms with E-state index in [0.29, 0.717) is 0 Å². The molecule has 72 valence electrons. The van der Waals surface area contributed by atoms with Crippen LogP contribution in [0.2, 0.25) is 0 Å². The SMILES string of the molecule is Cn1ccc(Cc2cnccc2N)n1. The van der Waals surface area contributed by atoms with Crippen LogP contribution in [0.4, 0.5) is 5.69 Å². The molecule has 2 rings (SSSR count). The van der Waals surface area contributed by atoms with Crippen LogP contribution in [0, 0.1) is 0 Å². The number of anilines is 1. The monoisotopic (exact) mass is 188 g/mol. The maximum Gasteiger partial charge on any atom is 0.0669 e. The second-order valence-electron chi connectivity index (χ2n) is 3.23. The number of hydrogen-bond acceptors (Lipinski definition) is 3. The molecule has 0 spiro atoms. The Morgan fingerprint density at radius 2 is 2.29 bits per heavy atom. The lowest BCUT2D eigenvalue weighted by molar-refractivity contribution is 0.749. The molecule has 2 aromatic heterocycles. The standard InChI is InChI=1S/C10H12N4/c1-14-5-3-9(13-14)6-8-7-12-4-2-10(8)11/h2-5,7H,6H2,1H3,(H2,11,12). The maximum absolute atomic E-state index is 5.80. The van der Waals surface area contributed by atoms with Crippen LogP contribution in [0.5, 0.6) is 0 Å².